The number of aryl methyl sites for hydroxylation is 1. The van der Waals surface area contributed by atoms with Crippen LogP contribution in [0.2, 0.25) is 0 Å². The van der Waals surface area contributed by atoms with Gasteiger partial charge in [0.2, 0.25) is 0 Å². The summed E-state index contributed by atoms with van der Waals surface area (Å²) in [7, 11) is 0. The number of benzene rings is 1. The van der Waals surface area contributed by atoms with Gasteiger partial charge in [0.1, 0.15) is 11.2 Å². The molecule has 3 aromatic rings. The van der Waals surface area contributed by atoms with E-state index >= 15 is 0 Å². The molecule has 1 aromatic carbocycles. The predicted octanol–water partition coefficient (Wildman–Crippen LogP) is 3.91. The molecule has 92 valence electrons. The van der Waals surface area contributed by atoms with E-state index in [1.807, 2.05) is 6.07 Å². The van der Waals surface area contributed by atoms with Gasteiger partial charge >= 0.3 is 0 Å². The zero-order valence-corrected chi connectivity index (χ0v) is 10.3. The lowest BCUT2D eigenvalue weighted by Gasteiger charge is -2.13. The third kappa shape index (κ3) is 1.22. The number of fused-ring (bicyclic) bond motifs is 2. The van der Waals surface area contributed by atoms with Crippen molar-refractivity contribution >= 4 is 21.9 Å². The monoisotopic (exact) mass is 241 g/mol. The number of rotatable bonds is 1. The molecule has 1 fully saturated rings. The molecule has 3 nitrogen and oxygen atoms in total. The van der Waals surface area contributed by atoms with Crippen LogP contribution < -0.4 is 5.32 Å². The molecule has 1 aliphatic heterocycles. The van der Waals surface area contributed by atoms with Gasteiger partial charge in [-0.2, -0.15) is 0 Å². The predicted molar refractivity (Wildman–Crippen MR) is 70.7 cm³/mol. The van der Waals surface area contributed by atoms with Crippen molar-refractivity contribution in [2.24, 2.45) is 0 Å². The van der Waals surface area contributed by atoms with Crippen molar-refractivity contribution < 1.29 is 8.83 Å². The summed E-state index contributed by atoms with van der Waals surface area (Å²) >= 11 is 0. The first-order chi connectivity index (χ1) is 8.86. The second kappa shape index (κ2) is 3.62. The van der Waals surface area contributed by atoms with Crippen molar-refractivity contribution in [1.29, 1.82) is 0 Å². The Kier molecular flexibility index (Phi) is 2.06. The summed E-state index contributed by atoms with van der Waals surface area (Å²) in [5.41, 5.74) is 4.44. The van der Waals surface area contributed by atoms with Gasteiger partial charge in [-0.1, -0.05) is 0 Å². The molecule has 18 heavy (non-hydrogen) atoms. The summed E-state index contributed by atoms with van der Waals surface area (Å²) < 4.78 is 11.4. The van der Waals surface area contributed by atoms with E-state index in [4.69, 9.17) is 8.83 Å². The Bertz CT molecular complexity index is 665. The molecule has 0 saturated carbocycles. The van der Waals surface area contributed by atoms with Crippen LogP contribution in [-0.2, 0) is 0 Å². The Labute approximate surface area is 105 Å². The number of furan rings is 2. The molecule has 3 heteroatoms. The van der Waals surface area contributed by atoms with Crippen LogP contribution in [0.4, 0.5) is 0 Å². The van der Waals surface area contributed by atoms with E-state index in [1.54, 1.807) is 12.5 Å². The normalized spacial score (nSPS) is 20.2. The van der Waals surface area contributed by atoms with Gasteiger partial charge < -0.3 is 14.2 Å². The van der Waals surface area contributed by atoms with Gasteiger partial charge in [-0.3, -0.25) is 0 Å². The molecule has 1 aliphatic rings. The van der Waals surface area contributed by atoms with Crippen LogP contribution >= 0.6 is 0 Å². The molecule has 3 heterocycles. The first-order valence-electron chi connectivity index (χ1n) is 6.46. The van der Waals surface area contributed by atoms with E-state index < -0.39 is 0 Å². The molecule has 1 unspecified atom stereocenters. The van der Waals surface area contributed by atoms with Gasteiger partial charge in [0, 0.05) is 27.9 Å². The zero-order valence-electron chi connectivity index (χ0n) is 10.3. The van der Waals surface area contributed by atoms with E-state index in [1.165, 1.54) is 34.7 Å². The molecule has 0 bridgehead atoms. The first kappa shape index (κ1) is 10.2. The highest BCUT2D eigenvalue weighted by atomic mass is 16.3. The maximum atomic E-state index is 5.74. The molecule has 0 radical (unpaired) electrons. The molecular formula is C15H15NO2. The van der Waals surface area contributed by atoms with Crippen LogP contribution in [-0.4, -0.2) is 6.54 Å². The number of hydrogen-bond donors (Lipinski definition) is 1. The fourth-order valence-corrected chi connectivity index (χ4v) is 3.15. The Balaban J connectivity index is 2.14. The maximum absolute atomic E-state index is 5.74. The Morgan fingerprint density at radius 3 is 2.67 bits per heavy atom. The smallest absolute Gasteiger partial charge is 0.139 e. The van der Waals surface area contributed by atoms with E-state index in [0.29, 0.717) is 6.04 Å². The van der Waals surface area contributed by atoms with Crippen LogP contribution in [0.3, 0.4) is 0 Å². The highest BCUT2D eigenvalue weighted by molar-refractivity contribution is 6.01. The van der Waals surface area contributed by atoms with Gasteiger partial charge in [-0.25, -0.2) is 0 Å². The summed E-state index contributed by atoms with van der Waals surface area (Å²) in [6, 6.07) is 4.48. The van der Waals surface area contributed by atoms with Crippen molar-refractivity contribution in [3.05, 3.63) is 35.8 Å². The minimum Gasteiger partial charge on any atom is -0.464 e. The lowest BCUT2D eigenvalue weighted by molar-refractivity contribution is 0.588. The van der Waals surface area contributed by atoms with Crippen LogP contribution in [0.15, 0.2) is 33.5 Å². The highest BCUT2D eigenvalue weighted by Crippen LogP contribution is 2.39. The first-order valence-corrected chi connectivity index (χ1v) is 6.46. The Hall–Kier alpha value is -1.74. The number of hydrogen-bond acceptors (Lipinski definition) is 3. The zero-order chi connectivity index (χ0) is 12.1. The van der Waals surface area contributed by atoms with Crippen molar-refractivity contribution in [3.63, 3.8) is 0 Å². The fraction of sp³-hybridized carbons (Fsp3) is 0.333. The van der Waals surface area contributed by atoms with Crippen molar-refractivity contribution in [3.8, 4) is 0 Å². The lowest BCUT2D eigenvalue weighted by Crippen LogP contribution is -2.13. The van der Waals surface area contributed by atoms with Gasteiger partial charge in [0.05, 0.1) is 12.5 Å². The van der Waals surface area contributed by atoms with E-state index in [-0.39, 0.29) is 0 Å². The summed E-state index contributed by atoms with van der Waals surface area (Å²) in [6.45, 7) is 3.18. The maximum Gasteiger partial charge on any atom is 0.139 e. The summed E-state index contributed by atoms with van der Waals surface area (Å²) in [5, 5.41) is 5.91. The molecule has 4 rings (SSSR count). The third-order valence-electron chi connectivity index (χ3n) is 4.02. The molecule has 1 N–H and O–H groups in total. The van der Waals surface area contributed by atoms with Gasteiger partial charge in [0.25, 0.3) is 0 Å². The summed E-state index contributed by atoms with van der Waals surface area (Å²) in [6.07, 6.45) is 5.93. The molecule has 2 aromatic heterocycles. The standard InChI is InChI=1S/C15H15NO2/c1-9-10-4-7-18-15(10)13(12-3-2-6-16-12)11-5-8-17-14(9)11/h4-5,7-8,12,16H,2-3,6H2,1H3. The third-order valence-corrected chi connectivity index (χ3v) is 4.02. The number of nitrogens with one attached hydrogen (secondary N) is 1. The lowest BCUT2D eigenvalue weighted by atomic mass is 9.96. The Morgan fingerprint density at radius 1 is 1.11 bits per heavy atom. The van der Waals surface area contributed by atoms with Crippen LogP contribution in [0.5, 0.6) is 0 Å². The van der Waals surface area contributed by atoms with Crippen LogP contribution in [0.1, 0.15) is 30.0 Å². The highest BCUT2D eigenvalue weighted by Gasteiger charge is 2.25. The van der Waals surface area contributed by atoms with Crippen LogP contribution in [0, 0.1) is 6.92 Å². The van der Waals surface area contributed by atoms with E-state index in [2.05, 4.69) is 18.3 Å². The fourth-order valence-electron chi connectivity index (χ4n) is 3.15. The summed E-state index contributed by atoms with van der Waals surface area (Å²) in [5.74, 6) is 0. The average Bonchev–Trinajstić information content (AvgIpc) is 3.11. The van der Waals surface area contributed by atoms with Crippen molar-refractivity contribution in [1.82, 2.24) is 5.32 Å². The quantitative estimate of drug-likeness (QED) is 0.702. The largest absolute Gasteiger partial charge is 0.464 e. The molecule has 0 aliphatic carbocycles. The molecule has 0 spiro atoms. The second-order valence-corrected chi connectivity index (χ2v) is 5.01. The van der Waals surface area contributed by atoms with Crippen LogP contribution in [0.25, 0.3) is 21.9 Å². The summed E-state index contributed by atoms with van der Waals surface area (Å²) in [4.78, 5) is 0. The Morgan fingerprint density at radius 2 is 1.89 bits per heavy atom. The minimum atomic E-state index is 0.388. The van der Waals surface area contributed by atoms with Gasteiger partial charge in [0.15, 0.2) is 0 Å². The topological polar surface area (TPSA) is 38.3 Å². The van der Waals surface area contributed by atoms with Gasteiger partial charge in [-0.05, 0) is 38.4 Å². The SMILES string of the molecule is Cc1c2ccoc2c(C2CCCN2)c2ccoc12. The average molecular weight is 241 g/mol. The molecule has 1 saturated heterocycles. The molecule has 1 atom stereocenters. The van der Waals surface area contributed by atoms with E-state index in [9.17, 15) is 0 Å². The van der Waals surface area contributed by atoms with Crippen molar-refractivity contribution in [2.45, 2.75) is 25.8 Å². The second-order valence-electron chi connectivity index (χ2n) is 5.01. The van der Waals surface area contributed by atoms with Crippen molar-refractivity contribution in [2.75, 3.05) is 6.54 Å². The van der Waals surface area contributed by atoms with Gasteiger partial charge in [-0.15, -0.1) is 0 Å². The minimum absolute atomic E-state index is 0.388. The van der Waals surface area contributed by atoms with E-state index in [0.717, 1.165) is 17.7 Å². The molecule has 0 amide bonds. The molecular weight excluding hydrogens is 226 g/mol.